The second kappa shape index (κ2) is 6.34. The summed E-state index contributed by atoms with van der Waals surface area (Å²) in [4.78, 5) is 11.8. The SMILES string of the molecule is CC(NC(=O)NC(CO)c1cc(F)c(F)c(F)c1)C1CC1. The second-order valence-corrected chi connectivity index (χ2v) is 5.28. The van der Waals surface area contributed by atoms with Gasteiger partial charge in [0.15, 0.2) is 17.5 Å². The van der Waals surface area contributed by atoms with E-state index in [0.29, 0.717) is 5.92 Å². The van der Waals surface area contributed by atoms with Gasteiger partial charge in [0.1, 0.15) is 0 Å². The quantitative estimate of drug-likeness (QED) is 0.731. The molecule has 0 saturated heterocycles. The molecule has 0 aromatic heterocycles. The molecule has 1 aliphatic rings. The maximum Gasteiger partial charge on any atom is 0.315 e. The zero-order valence-corrected chi connectivity index (χ0v) is 11.5. The van der Waals surface area contributed by atoms with Crippen LogP contribution in [-0.4, -0.2) is 23.8 Å². The van der Waals surface area contributed by atoms with Crippen molar-refractivity contribution in [1.29, 1.82) is 0 Å². The molecule has 7 heteroatoms. The Morgan fingerprint density at radius 1 is 1.29 bits per heavy atom. The van der Waals surface area contributed by atoms with E-state index in [1.54, 1.807) is 0 Å². The highest BCUT2D eigenvalue weighted by atomic mass is 19.2. The Labute approximate surface area is 120 Å². The van der Waals surface area contributed by atoms with Crippen molar-refractivity contribution in [3.8, 4) is 0 Å². The van der Waals surface area contributed by atoms with Crippen LogP contribution in [0.2, 0.25) is 0 Å². The lowest BCUT2D eigenvalue weighted by atomic mass is 10.1. The first-order chi connectivity index (χ1) is 9.92. The molecule has 2 rings (SSSR count). The zero-order chi connectivity index (χ0) is 15.6. The molecule has 0 spiro atoms. The molecule has 2 atom stereocenters. The Morgan fingerprint density at radius 3 is 2.33 bits per heavy atom. The third-order valence-electron chi connectivity index (χ3n) is 3.58. The van der Waals surface area contributed by atoms with Crippen LogP contribution in [0.15, 0.2) is 12.1 Å². The van der Waals surface area contributed by atoms with Gasteiger partial charge in [-0.15, -0.1) is 0 Å². The van der Waals surface area contributed by atoms with E-state index in [1.165, 1.54) is 0 Å². The molecule has 1 saturated carbocycles. The smallest absolute Gasteiger partial charge is 0.315 e. The number of hydrogen-bond donors (Lipinski definition) is 3. The number of nitrogens with one attached hydrogen (secondary N) is 2. The van der Waals surface area contributed by atoms with Crippen LogP contribution < -0.4 is 10.6 Å². The van der Waals surface area contributed by atoms with E-state index >= 15 is 0 Å². The van der Waals surface area contributed by atoms with Crippen LogP contribution in [0.4, 0.5) is 18.0 Å². The van der Waals surface area contributed by atoms with E-state index in [2.05, 4.69) is 10.6 Å². The van der Waals surface area contributed by atoms with Gasteiger partial charge in [0, 0.05) is 6.04 Å². The van der Waals surface area contributed by atoms with Crippen LogP contribution in [0.1, 0.15) is 31.4 Å². The molecular weight excluding hydrogens is 285 g/mol. The normalized spacial score (nSPS) is 17.2. The fourth-order valence-electron chi connectivity index (χ4n) is 2.13. The van der Waals surface area contributed by atoms with Gasteiger partial charge in [-0.25, -0.2) is 18.0 Å². The van der Waals surface area contributed by atoms with Crippen LogP contribution in [0, 0.1) is 23.4 Å². The van der Waals surface area contributed by atoms with E-state index in [4.69, 9.17) is 0 Å². The van der Waals surface area contributed by atoms with Gasteiger partial charge in [-0.3, -0.25) is 0 Å². The molecule has 1 aromatic carbocycles. The molecule has 3 N–H and O–H groups in total. The Bertz CT molecular complexity index is 512. The summed E-state index contributed by atoms with van der Waals surface area (Å²) in [6, 6.07) is -0.0565. The molecule has 0 aliphatic heterocycles. The van der Waals surface area contributed by atoms with Crippen molar-refractivity contribution in [3.05, 3.63) is 35.1 Å². The number of benzene rings is 1. The third-order valence-corrected chi connectivity index (χ3v) is 3.58. The number of aliphatic hydroxyl groups excluding tert-OH is 1. The zero-order valence-electron chi connectivity index (χ0n) is 11.5. The summed E-state index contributed by atoms with van der Waals surface area (Å²) in [5.74, 6) is -3.86. The minimum absolute atomic E-state index is 0.00830. The number of carbonyl (C=O) groups excluding carboxylic acids is 1. The second-order valence-electron chi connectivity index (χ2n) is 5.28. The van der Waals surface area contributed by atoms with Gasteiger partial charge in [-0.2, -0.15) is 0 Å². The van der Waals surface area contributed by atoms with Crippen molar-refractivity contribution < 1.29 is 23.1 Å². The van der Waals surface area contributed by atoms with Crippen LogP contribution >= 0.6 is 0 Å². The molecule has 2 unspecified atom stereocenters. The molecule has 0 heterocycles. The Morgan fingerprint density at radius 2 is 1.86 bits per heavy atom. The summed E-state index contributed by atoms with van der Waals surface area (Å²) in [7, 11) is 0. The summed E-state index contributed by atoms with van der Waals surface area (Å²) in [5, 5.41) is 14.4. The summed E-state index contributed by atoms with van der Waals surface area (Å²) >= 11 is 0. The van der Waals surface area contributed by atoms with Crippen molar-refractivity contribution in [1.82, 2.24) is 10.6 Å². The number of hydrogen-bond acceptors (Lipinski definition) is 2. The van der Waals surface area contributed by atoms with Crippen molar-refractivity contribution in [2.75, 3.05) is 6.61 Å². The van der Waals surface area contributed by atoms with E-state index in [9.17, 15) is 23.1 Å². The predicted molar refractivity (Wildman–Crippen MR) is 70.0 cm³/mol. The van der Waals surface area contributed by atoms with Crippen LogP contribution in [0.25, 0.3) is 0 Å². The largest absolute Gasteiger partial charge is 0.394 e. The molecule has 1 aliphatic carbocycles. The molecule has 0 radical (unpaired) electrons. The molecule has 0 bridgehead atoms. The maximum absolute atomic E-state index is 13.2. The van der Waals surface area contributed by atoms with Crippen molar-refractivity contribution in [2.24, 2.45) is 5.92 Å². The summed E-state index contributed by atoms with van der Waals surface area (Å²) < 4.78 is 39.2. The van der Waals surface area contributed by atoms with Gasteiger partial charge in [0.2, 0.25) is 0 Å². The fraction of sp³-hybridized carbons (Fsp3) is 0.500. The van der Waals surface area contributed by atoms with Crippen LogP contribution in [0.3, 0.4) is 0 Å². The lowest BCUT2D eigenvalue weighted by molar-refractivity contribution is 0.213. The number of amides is 2. The van der Waals surface area contributed by atoms with E-state index in [1.807, 2.05) is 6.92 Å². The highest BCUT2D eigenvalue weighted by molar-refractivity contribution is 5.74. The minimum Gasteiger partial charge on any atom is -0.394 e. The lowest BCUT2D eigenvalue weighted by Crippen LogP contribution is -2.44. The molecule has 2 amide bonds. The monoisotopic (exact) mass is 302 g/mol. The molecule has 1 fully saturated rings. The number of aliphatic hydroxyl groups is 1. The van der Waals surface area contributed by atoms with E-state index in [-0.39, 0.29) is 11.6 Å². The molecule has 116 valence electrons. The molecule has 1 aromatic rings. The van der Waals surface area contributed by atoms with Gasteiger partial charge < -0.3 is 15.7 Å². The van der Waals surface area contributed by atoms with Crippen molar-refractivity contribution in [3.63, 3.8) is 0 Å². The van der Waals surface area contributed by atoms with Crippen molar-refractivity contribution >= 4 is 6.03 Å². The van der Waals surface area contributed by atoms with Gasteiger partial charge in [0.05, 0.1) is 12.6 Å². The average molecular weight is 302 g/mol. The van der Waals surface area contributed by atoms with Crippen molar-refractivity contribution in [2.45, 2.75) is 31.8 Å². The average Bonchev–Trinajstić information content (AvgIpc) is 3.26. The molecule has 21 heavy (non-hydrogen) atoms. The van der Waals surface area contributed by atoms with Gasteiger partial charge >= 0.3 is 6.03 Å². The van der Waals surface area contributed by atoms with Gasteiger partial charge in [-0.05, 0) is 43.4 Å². The first kappa shape index (κ1) is 15.6. The van der Waals surface area contributed by atoms with Gasteiger partial charge in [0.25, 0.3) is 0 Å². The lowest BCUT2D eigenvalue weighted by Gasteiger charge is -2.20. The maximum atomic E-state index is 13.2. The van der Waals surface area contributed by atoms with Crippen LogP contribution in [0.5, 0.6) is 0 Å². The topological polar surface area (TPSA) is 61.4 Å². The predicted octanol–water partition coefficient (Wildman–Crippen LogP) is 2.24. The highest BCUT2D eigenvalue weighted by Gasteiger charge is 2.29. The number of urea groups is 1. The number of carbonyl (C=O) groups is 1. The standard InChI is InChI=1S/C14H17F3N2O2/c1-7(8-2-3-8)18-14(21)19-12(6-20)9-4-10(15)13(17)11(16)5-9/h4-5,7-8,12,20H,2-3,6H2,1H3,(H2,18,19,21). The van der Waals surface area contributed by atoms with Gasteiger partial charge in [-0.1, -0.05) is 0 Å². The Hall–Kier alpha value is -1.76. The fourth-order valence-corrected chi connectivity index (χ4v) is 2.13. The third kappa shape index (κ3) is 3.87. The molecular formula is C14H17F3N2O2. The molecule has 4 nitrogen and oxygen atoms in total. The van der Waals surface area contributed by atoms with Crippen LogP contribution in [-0.2, 0) is 0 Å². The highest BCUT2D eigenvalue weighted by Crippen LogP contribution is 2.32. The van der Waals surface area contributed by atoms with E-state index in [0.717, 1.165) is 25.0 Å². The summed E-state index contributed by atoms with van der Waals surface area (Å²) in [6.45, 7) is 1.30. The number of halogens is 3. The number of rotatable bonds is 5. The first-order valence-corrected chi connectivity index (χ1v) is 6.74. The summed E-state index contributed by atoms with van der Waals surface area (Å²) in [6.07, 6.45) is 2.11. The summed E-state index contributed by atoms with van der Waals surface area (Å²) in [5.41, 5.74) is -0.0388. The Balaban J connectivity index is 2.03. The minimum atomic E-state index is -1.58. The van der Waals surface area contributed by atoms with E-state index < -0.39 is 36.1 Å². The first-order valence-electron chi connectivity index (χ1n) is 6.74. The Kier molecular flexibility index (Phi) is 4.72.